The standard InChI is InChI=1S/C20H19NOS/c1-4-21-18(10-13(3)22)23-17-8-6-14-11-15-9-12(2)5-7-16(15)19(14)20(17)21/h5-10H,4,11H2,1-3H3/b18-10-. The fourth-order valence-corrected chi connectivity index (χ4v) is 4.83. The van der Waals surface area contributed by atoms with Gasteiger partial charge in [-0.2, -0.15) is 0 Å². The first-order valence-electron chi connectivity index (χ1n) is 8.02. The molecule has 0 bridgehead atoms. The molecule has 0 unspecified atom stereocenters. The number of nitrogens with zero attached hydrogens (tertiary/aromatic N) is 1. The van der Waals surface area contributed by atoms with Crippen molar-refractivity contribution in [2.75, 3.05) is 11.4 Å². The summed E-state index contributed by atoms with van der Waals surface area (Å²) in [5, 5.41) is 1.05. The number of aryl methyl sites for hydroxylation is 1. The summed E-state index contributed by atoms with van der Waals surface area (Å²) in [6.45, 7) is 6.79. The molecule has 0 amide bonds. The van der Waals surface area contributed by atoms with Gasteiger partial charge in [0, 0.05) is 23.1 Å². The molecule has 116 valence electrons. The Balaban J connectivity index is 1.93. The molecule has 0 spiro atoms. The first-order valence-corrected chi connectivity index (χ1v) is 8.83. The van der Waals surface area contributed by atoms with E-state index in [1.165, 1.54) is 38.4 Å². The third-order valence-electron chi connectivity index (χ3n) is 4.53. The third kappa shape index (κ3) is 2.22. The number of anilines is 1. The van der Waals surface area contributed by atoms with Crippen LogP contribution >= 0.6 is 11.8 Å². The summed E-state index contributed by atoms with van der Waals surface area (Å²) in [5.74, 6) is 0.103. The molecule has 0 N–H and O–H groups in total. The molecule has 2 aromatic carbocycles. The second-order valence-electron chi connectivity index (χ2n) is 6.22. The molecular weight excluding hydrogens is 302 g/mol. The highest BCUT2D eigenvalue weighted by molar-refractivity contribution is 8.03. The van der Waals surface area contributed by atoms with E-state index in [9.17, 15) is 4.79 Å². The van der Waals surface area contributed by atoms with E-state index in [2.05, 4.69) is 49.1 Å². The Labute approximate surface area is 141 Å². The highest BCUT2D eigenvalue weighted by Gasteiger charge is 2.32. The average molecular weight is 321 g/mol. The van der Waals surface area contributed by atoms with Gasteiger partial charge in [0.05, 0.1) is 10.7 Å². The maximum atomic E-state index is 11.6. The van der Waals surface area contributed by atoms with Gasteiger partial charge in [-0.05, 0) is 49.9 Å². The van der Waals surface area contributed by atoms with Crippen LogP contribution in [0, 0.1) is 6.92 Å². The maximum absolute atomic E-state index is 11.6. The number of thioether (sulfide) groups is 1. The largest absolute Gasteiger partial charge is 0.335 e. The molecule has 0 saturated heterocycles. The first-order chi connectivity index (χ1) is 11.1. The molecule has 2 aliphatic rings. The lowest BCUT2D eigenvalue weighted by Crippen LogP contribution is -2.18. The molecule has 2 nitrogen and oxygen atoms in total. The number of carbonyl (C=O) groups excluding carboxylic acids is 1. The number of hydrogen-bond acceptors (Lipinski definition) is 3. The van der Waals surface area contributed by atoms with Crippen molar-refractivity contribution in [1.29, 1.82) is 0 Å². The topological polar surface area (TPSA) is 20.3 Å². The fourth-order valence-electron chi connectivity index (χ4n) is 3.60. The molecule has 4 rings (SSSR count). The van der Waals surface area contributed by atoms with E-state index < -0.39 is 0 Å². The summed E-state index contributed by atoms with van der Waals surface area (Å²) in [4.78, 5) is 15.1. The van der Waals surface area contributed by atoms with Crippen LogP contribution in [0.2, 0.25) is 0 Å². The van der Waals surface area contributed by atoms with Crippen LogP contribution < -0.4 is 4.90 Å². The van der Waals surface area contributed by atoms with E-state index in [-0.39, 0.29) is 5.78 Å². The van der Waals surface area contributed by atoms with E-state index in [1.807, 2.05) is 0 Å². The molecule has 0 fully saturated rings. The van der Waals surface area contributed by atoms with Crippen LogP contribution in [0.15, 0.2) is 46.3 Å². The van der Waals surface area contributed by atoms with Crippen molar-refractivity contribution in [2.45, 2.75) is 32.1 Å². The quantitative estimate of drug-likeness (QED) is 0.624. The monoisotopic (exact) mass is 321 g/mol. The highest BCUT2D eigenvalue weighted by Crippen LogP contribution is 2.54. The Morgan fingerprint density at radius 1 is 1.26 bits per heavy atom. The van der Waals surface area contributed by atoms with Crippen molar-refractivity contribution in [2.24, 2.45) is 0 Å². The second kappa shape index (κ2) is 5.27. The Hall–Kier alpha value is -2.00. The van der Waals surface area contributed by atoms with Crippen LogP contribution in [-0.2, 0) is 11.2 Å². The zero-order valence-corrected chi connectivity index (χ0v) is 14.5. The average Bonchev–Trinajstić information content (AvgIpc) is 3.02. The molecule has 3 heteroatoms. The maximum Gasteiger partial charge on any atom is 0.155 e. The number of rotatable bonds is 2. The summed E-state index contributed by atoms with van der Waals surface area (Å²) >= 11 is 1.71. The van der Waals surface area contributed by atoms with Crippen LogP contribution in [-0.4, -0.2) is 12.3 Å². The molecule has 1 heterocycles. The van der Waals surface area contributed by atoms with Gasteiger partial charge in [-0.3, -0.25) is 4.79 Å². The molecule has 2 aromatic rings. The molecule has 1 aliphatic heterocycles. The Morgan fingerprint density at radius 2 is 2.09 bits per heavy atom. The SMILES string of the molecule is CCN1/C(=C/C(C)=O)Sc2ccc3c(c21)-c1ccc(C)cc1C3. The number of carbonyl (C=O) groups is 1. The van der Waals surface area contributed by atoms with E-state index in [1.54, 1.807) is 24.8 Å². The molecule has 0 saturated carbocycles. The number of fused-ring (bicyclic) bond motifs is 5. The van der Waals surface area contributed by atoms with Crippen molar-refractivity contribution < 1.29 is 4.79 Å². The normalized spacial score (nSPS) is 16.5. The van der Waals surface area contributed by atoms with Crippen LogP contribution in [0.4, 0.5) is 5.69 Å². The summed E-state index contributed by atoms with van der Waals surface area (Å²) in [7, 11) is 0. The minimum atomic E-state index is 0.103. The predicted molar refractivity (Wildman–Crippen MR) is 97.1 cm³/mol. The van der Waals surface area contributed by atoms with Crippen LogP contribution in [0.3, 0.4) is 0 Å². The molecule has 1 aliphatic carbocycles. The number of benzene rings is 2. The van der Waals surface area contributed by atoms with Crippen LogP contribution in [0.1, 0.15) is 30.5 Å². The Kier molecular flexibility index (Phi) is 3.34. The zero-order valence-electron chi connectivity index (χ0n) is 13.6. The van der Waals surface area contributed by atoms with Gasteiger partial charge in [0.25, 0.3) is 0 Å². The van der Waals surface area contributed by atoms with Gasteiger partial charge < -0.3 is 4.90 Å². The van der Waals surface area contributed by atoms with E-state index >= 15 is 0 Å². The molecule has 0 atom stereocenters. The van der Waals surface area contributed by atoms with Gasteiger partial charge in [0.2, 0.25) is 0 Å². The van der Waals surface area contributed by atoms with Crippen LogP contribution in [0.5, 0.6) is 0 Å². The minimum absolute atomic E-state index is 0.103. The highest BCUT2D eigenvalue weighted by atomic mass is 32.2. The van der Waals surface area contributed by atoms with E-state index in [4.69, 9.17) is 0 Å². The van der Waals surface area contributed by atoms with Gasteiger partial charge in [-0.15, -0.1) is 0 Å². The summed E-state index contributed by atoms with van der Waals surface area (Å²) < 4.78 is 0. The Bertz CT molecular complexity index is 866. The minimum Gasteiger partial charge on any atom is -0.335 e. The first kappa shape index (κ1) is 14.6. The Morgan fingerprint density at radius 3 is 2.83 bits per heavy atom. The van der Waals surface area contributed by atoms with Gasteiger partial charge in [-0.25, -0.2) is 0 Å². The van der Waals surface area contributed by atoms with E-state index in [0.29, 0.717) is 0 Å². The summed E-state index contributed by atoms with van der Waals surface area (Å²) in [5.41, 5.74) is 8.12. The number of hydrogen-bond donors (Lipinski definition) is 0. The van der Waals surface area contributed by atoms with Crippen molar-refractivity contribution in [3.05, 3.63) is 58.1 Å². The van der Waals surface area contributed by atoms with E-state index in [0.717, 1.165) is 18.0 Å². The summed E-state index contributed by atoms with van der Waals surface area (Å²) in [6.07, 6.45) is 2.76. The third-order valence-corrected chi connectivity index (χ3v) is 5.63. The lowest BCUT2D eigenvalue weighted by molar-refractivity contribution is -0.112. The fraction of sp³-hybridized carbons (Fsp3) is 0.250. The number of allylic oxidation sites excluding steroid dienone is 1. The second-order valence-corrected chi connectivity index (χ2v) is 7.29. The lowest BCUT2D eigenvalue weighted by Gasteiger charge is -2.21. The zero-order chi connectivity index (χ0) is 16.1. The predicted octanol–water partition coefficient (Wildman–Crippen LogP) is 4.93. The molecule has 0 aromatic heterocycles. The van der Waals surface area contributed by atoms with Gasteiger partial charge >= 0.3 is 0 Å². The van der Waals surface area contributed by atoms with Gasteiger partial charge in [0.15, 0.2) is 5.78 Å². The molecule has 23 heavy (non-hydrogen) atoms. The molecular formula is C20H19NOS. The van der Waals surface area contributed by atoms with Crippen molar-refractivity contribution in [3.8, 4) is 11.1 Å². The van der Waals surface area contributed by atoms with Crippen LogP contribution in [0.25, 0.3) is 11.1 Å². The van der Waals surface area contributed by atoms with Crippen molar-refractivity contribution >= 4 is 23.2 Å². The summed E-state index contributed by atoms with van der Waals surface area (Å²) in [6, 6.07) is 11.2. The van der Waals surface area contributed by atoms with Gasteiger partial charge in [0.1, 0.15) is 0 Å². The molecule has 0 radical (unpaired) electrons. The lowest BCUT2D eigenvalue weighted by atomic mass is 10.0. The smallest absolute Gasteiger partial charge is 0.155 e. The van der Waals surface area contributed by atoms with Gasteiger partial charge in [-0.1, -0.05) is 41.6 Å². The number of ketones is 1. The van der Waals surface area contributed by atoms with Crippen molar-refractivity contribution in [1.82, 2.24) is 0 Å². The van der Waals surface area contributed by atoms with Crippen molar-refractivity contribution in [3.63, 3.8) is 0 Å².